The molecule has 1 atom stereocenters. The standard InChI is InChI=1S/C21H26N2O2/c1-2-20(18-6-4-3-5-7-18)22-21(24)19-10-8-17(9-11-19)16-23-12-14-25-15-13-23/h3-11,20H,2,12-16H2,1H3,(H,22,24)/t20-/m1/s1. The number of benzene rings is 2. The Bertz CT molecular complexity index is 664. The van der Waals surface area contributed by atoms with Gasteiger partial charge in [0.05, 0.1) is 19.3 Å². The summed E-state index contributed by atoms with van der Waals surface area (Å²) in [5, 5.41) is 3.13. The van der Waals surface area contributed by atoms with E-state index >= 15 is 0 Å². The quantitative estimate of drug-likeness (QED) is 0.878. The molecule has 1 saturated heterocycles. The Hall–Kier alpha value is -2.17. The smallest absolute Gasteiger partial charge is 0.251 e. The second kappa shape index (κ2) is 8.79. The van der Waals surface area contributed by atoms with E-state index in [0.29, 0.717) is 5.56 Å². The molecule has 0 aromatic heterocycles. The Morgan fingerprint density at radius 3 is 2.40 bits per heavy atom. The Balaban J connectivity index is 1.60. The first-order chi connectivity index (χ1) is 12.3. The molecule has 1 heterocycles. The van der Waals surface area contributed by atoms with Crippen LogP contribution in [0.1, 0.15) is 40.9 Å². The average Bonchev–Trinajstić information content (AvgIpc) is 2.68. The fraction of sp³-hybridized carbons (Fsp3) is 0.381. The molecule has 0 aliphatic carbocycles. The van der Waals surface area contributed by atoms with E-state index in [1.165, 1.54) is 5.56 Å². The minimum absolute atomic E-state index is 0.0198. The topological polar surface area (TPSA) is 41.6 Å². The van der Waals surface area contributed by atoms with E-state index in [4.69, 9.17) is 4.74 Å². The number of amides is 1. The third kappa shape index (κ3) is 4.91. The van der Waals surface area contributed by atoms with Crippen molar-refractivity contribution in [3.8, 4) is 0 Å². The molecular formula is C21H26N2O2. The molecule has 1 amide bonds. The summed E-state index contributed by atoms with van der Waals surface area (Å²) < 4.78 is 5.38. The lowest BCUT2D eigenvalue weighted by Crippen LogP contribution is -2.35. The van der Waals surface area contributed by atoms with E-state index in [1.807, 2.05) is 42.5 Å². The molecule has 25 heavy (non-hydrogen) atoms. The van der Waals surface area contributed by atoms with Gasteiger partial charge < -0.3 is 10.1 Å². The molecule has 0 spiro atoms. The Morgan fingerprint density at radius 1 is 1.08 bits per heavy atom. The van der Waals surface area contributed by atoms with Crippen LogP contribution in [-0.2, 0) is 11.3 Å². The Morgan fingerprint density at radius 2 is 1.76 bits per heavy atom. The largest absolute Gasteiger partial charge is 0.379 e. The van der Waals surface area contributed by atoms with E-state index in [-0.39, 0.29) is 11.9 Å². The zero-order valence-corrected chi connectivity index (χ0v) is 14.8. The minimum Gasteiger partial charge on any atom is -0.379 e. The Labute approximate surface area is 149 Å². The zero-order chi connectivity index (χ0) is 17.5. The van der Waals surface area contributed by atoms with Crippen molar-refractivity contribution >= 4 is 5.91 Å². The lowest BCUT2D eigenvalue weighted by atomic mass is 10.0. The van der Waals surface area contributed by atoms with E-state index in [2.05, 4.69) is 29.3 Å². The van der Waals surface area contributed by atoms with Crippen LogP contribution in [0.3, 0.4) is 0 Å². The van der Waals surface area contributed by atoms with Crippen LogP contribution in [0.25, 0.3) is 0 Å². The van der Waals surface area contributed by atoms with E-state index in [9.17, 15) is 4.79 Å². The summed E-state index contributed by atoms with van der Waals surface area (Å²) >= 11 is 0. The first kappa shape index (κ1) is 17.6. The minimum atomic E-state index is -0.0198. The normalized spacial score (nSPS) is 16.4. The molecular weight excluding hydrogens is 312 g/mol. The predicted molar refractivity (Wildman–Crippen MR) is 99.5 cm³/mol. The van der Waals surface area contributed by atoms with Crippen molar-refractivity contribution in [3.63, 3.8) is 0 Å². The number of hydrogen-bond acceptors (Lipinski definition) is 3. The third-order valence-corrected chi connectivity index (χ3v) is 4.64. The molecule has 4 heteroatoms. The first-order valence-corrected chi connectivity index (χ1v) is 9.01. The maximum absolute atomic E-state index is 12.6. The zero-order valence-electron chi connectivity index (χ0n) is 14.8. The monoisotopic (exact) mass is 338 g/mol. The molecule has 0 bridgehead atoms. The van der Waals surface area contributed by atoms with Crippen LogP contribution in [0.5, 0.6) is 0 Å². The number of nitrogens with one attached hydrogen (secondary N) is 1. The molecule has 3 rings (SSSR count). The summed E-state index contributed by atoms with van der Waals surface area (Å²) in [5.74, 6) is -0.0198. The van der Waals surface area contributed by atoms with Gasteiger partial charge in [-0.15, -0.1) is 0 Å². The van der Waals surface area contributed by atoms with Crippen molar-refractivity contribution in [2.24, 2.45) is 0 Å². The Kier molecular flexibility index (Phi) is 6.20. The van der Waals surface area contributed by atoms with Gasteiger partial charge in [-0.2, -0.15) is 0 Å². The number of morpholine rings is 1. The molecule has 4 nitrogen and oxygen atoms in total. The van der Waals surface area contributed by atoms with Gasteiger partial charge in [0.1, 0.15) is 0 Å². The highest BCUT2D eigenvalue weighted by Gasteiger charge is 2.14. The highest BCUT2D eigenvalue weighted by Crippen LogP contribution is 2.17. The van der Waals surface area contributed by atoms with Crippen LogP contribution < -0.4 is 5.32 Å². The van der Waals surface area contributed by atoms with Crippen LogP contribution in [0.4, 0.5) is 0 Å². The lowest BCUT2D eigenvalue weighted by molar-refractivity contribution is 0.0342. The van der Waals surface area contributed by atoms with Gasteiger partial charge in [-0.3, -0.25) is 9.69 Å². The fourth-order valence-electron chi connectivity index (χ4n) is 3.13. The molecule has 1 aliphatic rings. The maximum Gasteiger partial charge on any atom is 0.251 e. The van der Waals surface area contributed by atoms with E-state index in [1.54, 1.807) is 0 Å². The molecule has 0 saturated carbocycles. The van der Waals surface area contributed by atoms with Crippen LogP contribution in [0.15, 0.2) is 54.6 Å². The number of carbonyl (C=O) groups excluding carboxylic acids is 1. The number of ether oxygens (including phenoxy) is 1. The van der Waals surface area contributed by atoms with Gasteiger partial charge in [0.2, 0.25) is 0 Å². The number of carbonyl (C=O) groups is 1. The molecule has 1 fully saturated rings. The second-order valence-corrected chi connectivity index (χ2v) is 6.43. The van der Waals surface area contributed by atoms with E-state index in [0.717, 1.165) is 44.8 Å². The predicted octanol–water partition coefficient (Wildman–Crippen LogP) is 3.40. The van der Waals surface area contributed by atoms with Crippen LogP contribution in [-0.4, -0.2) is 37.1 Å². The summed E-state index contributed by atoms with van der Waals surface area (Å²) in [6.45, 7) is 6.54. The van der Waals surface area contributed by atoms with E-state index < -0.39 is 0 Å². The number of rotatable bonds is 6. The van der Waals surface area contributed by atoms with Gasteiger partial charge >= 0.3 is 0 Å². The summed E-state index contributed by atoms with van der Waals surface area (Å²) in [5.41, 5.74) is 3.08. The van der Waals surface area contributed by atoms with Gasteiger partial charge in [-0.1, -0.05) is 49.4 Å². The first-order valence-electron chi connectivity index (χ1n) is 9.01. The second-order valence-electron chi connectivity index (χ2n) is 6.43. The van der Waals surface area contributed by atoms with Gasteiger partial charge in [-0.25, -0.2) is 0 Å². The van der Waals surface area contributed by atoms with Crippen molar-refractivity contribution in [1.82, 2.24) is 10.2 Å². The van der Waals surface area contributed by atoms with Crippen molar-refractivity contribution in [3.05, 3.63) is 71.3 Å². The average molecular weight is 338 g/mol. The van der Waals surface area contributed by atoms with Crippen molar-refractivity contribution in [2.75, 3.05) is 26.3 Å². The van der Waals surface area contributed by atoms with Gasteiger partial charge in [-0.05, 0) is 29.7 Å². The van der Waals surface area contributed by atoms with Crippen molar-refractivity contribution in [1.29, 1.82) is 0 Å². The molecule has 2 aromatic rings. The van der Waals surface area contributed by atoms with Crippen LogP contribution >= 0.6 is 0 Å². The maximum atomic E-state index is 12.6. The number of nitrogens with zero attached hydrogens (tertiary/aromatic N) is 1. The molecule has 0 unspecified atom stereocenters. The summed E-state index contributed by atoms with van der Waals surface area (Å²) in [4.78, 5) is 14.9. The highest BCUT2D eigenvalue weighted by atomic mass is 16.5. The molecule has 0 radical (unpaired) electrons. The molecule has 1 N–H and O–H groups in total. The van der Waals surface area contributed by atoms with Crippen LogP contribution in [0.2, 0.25) is 0 Å². The molecule has 132 valence electrons. The summed E-state index contributed by atoms with van der Waals surface area (Å²) in [7, 11) is 0. The summed E-state index contributed by atoms with van der Waals surface area (Å²) in [6, 6.07) is 18.1. The number of hydrogen-bond donors (Lipinski definition) is 1. The van der Waals surface area contributed by atoms with Gasteiger partial charge in [0.25, 0.3) is 5.91 Å². The third-order valence-electron chi connectivity index (χ3n) is 4.64. The van der Waals surface area contributed by atoms with Crippen molar-refractivity contribution in [2.45, 2.75) is 25.9 Å². The molecule has 1 aliphatic heterocycles. The van der Waals surface area contributed by atoms with Gasteiger partial charge in [0.15, 0.2) is 0 Å². The molecule has 2 aromatic carbocycles. The lowest BCUT2D eigenvalue weighted by Gasteiger charge is -2.26. The fourth-order valence-corrected chi connectivity index (χ4v) is 3.13. The van der Waals surface area contributed by atoms with Crippen molar-refractivity contribution < 1.29 is 9.53 Å². The highest BCUT2D eigenvalue weighted by molar-refractivity contribution is 5.94. The SMILES string of the molecule is CC[C@@H](NC(=O)c1ccc(CN2CCOCC2)cc1)c1ccccc1. The summed E-state index contributed by atoms with van der Waals surface area (Å²) in [6.07, 6.45) is 0.866. The van der Waals surface area contributed by atoms with Gasteiger partial charge in [0, 0.05) is 25.2 Å². The van der Waals surface area contributed by atoms with Crippen LogP contribution in [0, 0.1) is 0 Å².